The van der Waals surface area contributed by atoms with Crippen LogP contribution in [0, 0.1) is 23.5 Å². The maximum absolute atomic E-state index is 13.8. The number of carbonyl (C=O) groups excluding carboxylic acids is 1. The van der Waals surface area contributed by atoms with Gasteiger partial charge in [-0.05, 0) is 63.1 Å². The van der Waals surface area contributed by atoms with Gasteiger partial charge in [0.2, 0.25) is 0 Å². The molecule has 0 aliphatic carbocycles. The number of halogens is 2. The van der Waals surface area contributed by atoms with Crippen LogP contribution >= 0.6 is 0 Å². The van der Waals surface area contributed by atoms with Crippen molar-refractivity contribution in [2.75, 3.05) is 0 Å². The maximum atomic E-state index is 13.8. The molecule has 1 N–H and O–H groups in total. The van der Waals surface area contributed by atoms with Crippen molar-refractivity contribution in [1.82, 2.24) is 15.1 Å². The number of nitrogens with zero attached hydrogens (tertiary/aromatic N) is 2. The Morgan fingerprint density at radius 2 is 1.91 bits per heavy atom. The second-order valence-electron chi connectivity index (χ2n) is 8.07. The number of hydrogen-bond donors (Lipinski definition) is 1. The largest absolute Gasteiger partial charge is 0.373 e. The first kappa shape index (κ1) is 21.7. The Balaban J connectivity index is 1.66. The third-order valence-electron chi connectivity index (χ3n) is 5.12. The van der Waals surface area contributed by atoms with E-state index in [-0.39, 0.29) is 18.1 Å². The van der Waals surface area contributed by atoms with E-state index < -0.39 is 11.6 Å². The Hall–Kier alpha value is -3.50. The van der Waals surface area contributed by atoms with E-state index in [0.29, 0.717) is 30.0 Å². The minimum absolute atomic E-state index is 0.0198. The van der Waals surface area contributed by atoms with Gasteiger partial charge in [0.15, 0.2) is 11.6 Å². The molecule has 0 fully saturated rings. The van der Waals surface area contributed by atoms with Crippen LogP contribution in [0.3, 0.4) is 0 Å². The molecule has 3 aromatic rings. The van der Waals surface area contributed by atoms with Crippen molar-refractivity contribution in [3.63, 3.8) is 0 Å². The van der Waals surface area contributed by atoms with Crippen LogP contribution in [-0.4, -0.2) is 27.8 Å². The Morgan fingerprint density at radius 3 is 2.59 bits per heavy atom. The maximum Gasteiger partial charge on any atom is 0.251 e. The molecule has 32 heavy (non-hydrogen) atoms. The lowest BCUT2D eigenvalue weighted by atomic mass is 10.0. The van der Waals surface area contributed by atoms with E-state index in [2.05, 4.69) is 22.3 Å². The second-order valence-corrected chi connectivity index (χ2v) is 8.07. The van der Waals surface area contributed by atoms with Crippen molar-refractivity contribution in [3.8, 4) is 17.5 Å². The fourth-order valence-electron chi connectivity index (χ4n) is 3.52. The number of nitrogens with one attached hydrogen (secondary N) is 1. The molecule has 0 saturated heterocycles. The van der Waals surface area contributed by atoms with Crippen LogP contribution in [0.1, 0.15) is 53.6 Å². The van der Waals surface area contributed by atoms with Crippen molar-refractivity contribution in [2.24, 2.45) is 0 Å². The van der Waals surface area contributed by atoms with E-state index in [4.69, 9.17) is 4.74 Å². The lowest BCUT2D eigenvalue weighted by Gasteiger charge is -2.20. The van der Waals surface area contributed by atoms with Crippen LogP contribution < -0.4 is 5.32 Å². The zero-order valence-corrected chi connectivity index (χ0v) is 18.1. The smallest absolute Gasteiger partial charge is 0.251 e. The van der Waals surface area contributed by atoms with Crippen LogP contribution in [-0.2, 0) is 17.8 Å². The molecule has 0 spiro atoms. The molecule has 4 rings (SSSR count). The zero-order chi connectivity index (χ0) is 22.8. The van der Waals surface area contributed by atoms with Crippen molar-refractivity contribution in [1.29, 1.82) is 0 Å². The number of aromatic nitrogens is 2. The average molecular weight is 435 g/mol. The Morgan fingerprint density at radius 1 is 1.16 bits per heavy atom. The highest BCUT2D eigenvalue weighted by Crippen LogP contribution is 2.27. The van der Waals surface area contributed by atoms with E-state index in [0.717, 1.165) is 29.0 Å². The molecule has 0 unspecified atom stereocenters. The van der Waals surface area contributed by atoms with Gasteiger partial charge in [0, 0.05) is 35.2 Å². The molecular weight excluding hydrogens is 412 g/mol. The third-order valence-corrected chi connectivity index (χ3v) is 5.12. The normalized spacial score (nSPS) is 15.1. The summed E-state index contributed by atoms with van der Waals surface area (Å²) < 4.78 is 34.6. The molecule has 2 aromatic carbocycles. The first-order valence-corrected chi connectivity index (χ1v) is 10.4. The zero-order valence-electron chi connectivity index (χ0n) is 18.1. The van der Waals surface area contributed by atoms with E-state index in [1.165, 1.54) is 6.07 Å². The summed E-state index contributed by atoms with van der Waals surface area (Å²) in [6.07, 6.45) is 0.566. The van der Waals surface area contributed by atoms with Crippen LogP contribution in [0.2, 0.25) is 0 Å². The molecule has 1 aliphatic heterocycles. The molecule has 0 saturated carbocycles. The number of fused-ring (bicyclic) bond motifs is 1. The molecule has 164 valence electrons. The van der Waals surface area contributed by atoms with Crippen molar-refractivity contribution < 1.29 is 18.3 Å². The molecule has 7 heteroatoms. The van der Waals surface area contributed by atoms with E-state index in [1.54, 1.807) is 28.9 Å². The van der Waals surface area contributed by atoms with E-state index in [1.807, 2.05) is 20.8 Å². The summed E-state index contributed by atoms with van der Waals surface area (Å²) in [5, 5.41) is 7.42. The van der Waals surface area contributed by atoms with Crippen LogP contribution in [0.4, 0.5) is 8.78 Å². The summed E-state index contributed by atoms with van der Waals surface area (Å²) in [7, 11) is 0. The van der Waals surface area contributed by atoms with Crippen LogP contribution in [0.15, 0.2) is 42.5 Å². The second kappa shape index (κ2) is 8.93. The molecule has 1 aliphatic rings. The summed E-state index contributed by atoms with van der Waals surface area (Å²) in [5.74, 6) is 4.17. The fourth-order valence-corrected chi connectivity index (χ4v) is 3.52. The van der Waals surface area contributed by atoms with Gasteiger partial charge in [-0.25, -0.2) is 13.5 Å². The summed E-state index contributed by atoms with van der Waals surface area (Å²) in [6.45, 7) is 6.11. The monoisotopic (exact) mass is 435 g/mol. The van der Waals surface area contributed by atoms with Gasteiger partial charge in [0.25, 0.3) is 5.91 Å². The van der Waals surface area contributed by atoms with Gasteiger partial charge in [-0.15, -0.1) is 0 Å². The lowest BCUT2D eigenvalue weighted by Crippen LogP contribution is -2.29. The lowest BCUT2D eigenvalue weighted by molar-refractivity contribution is 0.0397. The number of benzene rings is 2. The number of ether oxygens (including phenoxy) is 1. The van der Waals surface area contributed by atoms with Crippen LogP contribution in [0.5, 0.6) is 0 Å². The highest BCUT2D eigenvalue weighted by Gasteiger charge is 2.25. The Kier molecular flexibility index (Phi) is 6.06. The highest BCUT2D eigenvalue weighted by molar-refractivity contribution is 5.94. The van der Waals surface area contributed by atoms with Crippen molar-refractivity contribution >= 4 is 5.91 Å². The molecule has 1 amide bonds. The minimum Gasteiger partial charge on any atom is -0.373 e. The molecule has 0 radical (unpaired) electrons. The summed E-state index contributed by atoms with van der Waals surface area (Å²) in [4.78, 5) is 12.1. The molecule has 1 aromatic heterocycles. The van der Waals surface area contributed by atoms with Crippen LogP contribution in [0.25, 0.3) is 5.69 Å². The SMILES string of the molecule is CC(C)NC(=O)c1ccc(C#Cc2nn(-c3ccc(F)c(F)c3)c3c2CO[C@@H](C)C3)cc1. The van der Waals surface area contributed by atoms with E-state index >= 15 is 0 Å². The average Bonchev–Trinajstić information content (AvgIpc) is 3.11. The van der Waals surface area contributed by atoms with Crippen molar-refractivity contribution in [2.45, 2.75) is 45.9 Å². The fraction of sp³-hybridized carbons (Fsp3) is 0.280. The number of amides is 1. The first-order chi connectivity index (χ1) is 15.3. The molecule has 2 heterocycles. The van der Waals surface area contributed by atoms with E-state index in [9.17, 15) is 13.6 Å². The summed E-state index contributed by atoms with van der Waals surface area (Å²) in [6, 6.07) is 10.8. The minimum atomic E-state index is -0.930. The quantitative estimate of drug-likeness (QED) is 0.629. The standard InChI is InChI=1S/C25H23F2N3O2/c1-15(2)28-25(31)18-7-4-17(5-8-18)6-11-23-20-14-32-16(3)12-24(20)30(29-23)19-9-10-21(26)22(27)13-19/h4-5,7-10,13,15-16H,12,14H2,1-3H3,(H,28,31)/t16-/m0/s1. The number of carbonyl (C=O) groups is 1. The molecular formula is C25H23F2N3O2. The van der Waals surface area contributed by atoms with Gasteiger partial charge >= 0.3 is 0 Å². The van der Waals surface area contributed by atoms with Gasteiger partial charge in [-0.3, -0.25) is 4.79 Å². The number of hydrogen-bond acceptors (Lipinski definition) is 3. The number of rotatable bonds is 3. The first-order valence-electron chi connectivity index (χ1n) is 10.4. The van der Waals surface area contributed by atoms with Crippen molar-refractivity contribution in [3.05, 3.63) is 82.2 Å². The van der Waals surface area contributed by atoms with Gasteiger partial charge in [-0.2, -0.15) is 5.10 Å². The molecule has 1 atom stereocenters. The van der Waals surface area contributed by atoms with Gasteiger partial charge in [-0.1, -0.05) is 5.92 Å². The summed E-state index contributed by atoms with van der Waals surface area (Å²) >= 11 is 0. The van der Waals surface area contributed by atoms with Gasteiger partial charge in [0.1, 0.15) is 5.69 Å². The summed E-state index contributed by atoms with van der Waals surface area (Å²) in [5.41, 5.74) is 3.97. The predicted octanol–water partition coefficient (Wildman–Crippen LogP) is 4.15. The predicted molar refractivity (Wildman–Crippen MR) is 116 cm³/mol. The van der Waals surface area contributed by atoms with Gasteiger partial charge < -0.3 is 10.1 Å². The molecule has 5 nitrogen and oxygen atoms in total. The Labute approximate surface area is 185 Å². The highest BCUT2D eigenvalue weighted by atomic mass is 19.2. The Bertz CT molecular complexity index is 1220. The third kappa shape index (κ3) is 4.56. The van der Waals surface area contributed by atoms with Gasteiger partial charge in [0.05, 0.1) is 24.1 Å². The topological polar surface area (TPSA) is 56.2 Å². The molecule has 0 bridgehead atoms.